The van der Waals surface area contributed by atoms with E-state index in [-0.39, 0.29) is 13.2 Å². The summed E-state index contributed by atoms with van der Waals surface area (Å²) in [4.78, 5) is 4.38. The summed E-state index contributed by atoms with van der Waals surface area (Å²) in [5, 5.41) is 61.0. The Morgan fingerprint density at radius 2 is 1.17 bits per heavy atom. The third-order valence-electron chi connectivity index (χ3n) is 3.65. The van der Waals surface area contributed by atoms with E-state index in [2.05, 4.69) is 15.6 Å². The van der Waals surface area contributed by atoms with Gasteiger partial charge in [0.25, 0.3) is 0 Å². The Bertz CT molecular complexity index is 427. The lowest BCUT2D eigenvalue weighted by Crippen LogP contribution is -2.44. The van der Waals surface area contributed by atoms with Crippen LogP contribution in [0.2, 0.25) is 0 Å². The molecule has 0 saturated carbocycles. The molecule has 9 nitrogen and oxygen atoms in total. The van der Waals surface area contributed by atoms with E-state index in [1.807, 2.05) is 0 Å². The second kappa shape index (κ2) is 11.4. The summed E-state index contributed by atoms with van der Waals surface area (Å²) in [6.45, 7) is -0.964. The highest BCUT2D eigenvalue weighted by Gasteiger charge is 2.18. The first kappa shape index (κ1) is 20.9. The van der Waals surface area contributed by atoms with Crippen LogP contribution in [0.3, 0.4) is 0 Å². The van der Waals surface area contributed by atoms with Crippen LogP contribution >= 0.6 is 0 Å². The molecule has 1 aromatic rings. The van der Waals surface area contributed by atoms with Crippen molar-refractivity contribution in [3.05, 3.63) is 29.6 Å². The maximum absolute atomic E-state index is 9.53. The van der Waals surface area contributed by atoms with Gasteiger partial charge in [-0.2, -0.15) is 0 Å². The lowest BCUT2D eigenvalue weighted by atomic mass is 10.1. The summed E-state index contributed by atoms with van der Waals surface area (Å²) < 4.78 is 0. The molecule has 138 valence electrons. The molecule has 1 aromatic heterocycles. The molecule has 8 N–H and O–H groups in total. The van der Waals surface area contributed by atoms with Gasteiger partial charge in [0.1, 0.15) is 0 Å². The SMILES string of the molecule is OCC(O)C(CO)NCc1cccc(CNC(CO)C(O)CO)n1. The maximum Gasteiger partial charge on any atom is 0.0945 e. The fourth-order valence-electron chi connectivity index (χ4n) is 2.10. The van der Waals surface area contributed by atoms with Crippen LogP contribution in [0.25, 0.3) is 0 Å². The molecular weight excluding hydrogens is 318 g/mol. The predicted octanol–water partition coefficient (Wildman–Crippen LogP) is -3.31. The number of rotatable bonds is 12. The van der Waals surface area contributed by atoms with Gasteiger partial charge in [-0.25, -0.2) is 0 Å². The van der Waals surface area contributed by atoms with Crippen molar-refractivity contribution in [3.63, 3.8) is 0 Å². The highest BCUT2D eigenvalue weighted by Crippen LogP contribution is 2.03. The first-order valence-corrected chi connectivity index (χ1v) is 7.76. The Labute approximate surface area is 140 Å². The second-order valence-electron chi connectivity index (χ2n) is 5.46. The molecule has 0 radical (unpaired) electrons. The van der Waals surface area contributed by atoms with E-state index in [0.29, 0.717) is 24.5 Å². The average Bonchev–Trinajstić information content (AvgIpc) is 2.62. The molecule has 1 rings (SSSR count). The molecule has 0 aliphatic heterocycles. The van der Waals surface area contributed by atoms with E-state index in [4.69, 9.17) is 10.2 Å². The molecule has 4 unspecified atom stereocenters. The quantitative estimate of drug-likeness (QED) is 0.194. The van der Waals surface area contributed by atoms with E-state index in [9.17, 15) is 20.4 Å². The van der Waals surface area contributed by atoms with Gasteiger partial charge in [0.05, 0.1) is 62.1 Å². The van der Waals surface area contributed by atoms with Gasteiger partial charge in [-0.15, -0.1) is 0 Å². The number of nitrogens with zero attached hydrogens (tertiary/aromatic N) is 1. The molecule has 9 heteroatoms. The van der Waals surface area contributed by atoms with Crippen LogP contribution in [0.4, 0.5) is 0 Å². The summed E-state index contributed by atoms with van der Waals surface area (Å²) in [6, 6.07) is 4.01. The number of aliphatic hydroxyl groups is 6. The van der Waals surface area contributed by atoms with Crippen LogP contribution in [-0.2, 0) is 13.1 Å². The lowest BCUT2D eigenvalue weighted by molar-refractivity contribution is 0.0407. The number of hydrogen-bond acceptors (Lipinski definition) is 9. The minimum Gasteiger partial charge on any atom is -0.395 e. The van der Waals surface area contributed by atoms with Crippen molar-refractivity contribution < 1.29 is 30.6 Å². The monoisotopic (exact) mass is 345 g/mol. The Balaban J connectivity index is 2.57. The van der Waals surface area contributed by atoms with Gasteiger partial charge in [0.15, 0.2) is 0 Å². The first-order valence-electron chi connectivity index (χ1n) is 7.76. The van der Waals surface area contributed by atoms with Crippen molar-refractivity contribution in [2.24, 2.45) is 0 Å². The molecular formula is C15H27N3O6. The molecule has 0 saturated heterocycles. The second-order valence-corrected chi connectivity index (χ2v) is 5.46. The van der Waals surface area contributed by atoms with Gasteiger partial charge in [0, 0.05) is 13.1 Å². The molecule has 0 aliphatic carbocycles. The van der Waals surface area contributed by atoms with E-state index in [0.717, 1.165) is 0 Å². The van der Waals surface area contributed by atoms with Crippen LogP contribution in [0.1, 0.15) is 11.4 Å². The highest BCUT2D eigenvalue weighted by molar-refractivity contribution is 5.11. The topological polar surface area (TPSA) is 158 Å². The Morgan fingerprint density at radius 3 is 1.50 bits per heavy atom. The van der Waals surface area contributed by atoms with Crippen LogP contribution in [-0.4, -0.2) is 86.3 Å². The van der Waals surface area contributed by atoms with Gasteiger partial charge in [0.2, 0.25) is 0 Å². The summed E-state index contributed by atoms with van der Waals surface area (Å²) in [7, 11) is 0. The number of pyridine rings is 1. The third kappa shape index (κ3) is 6.75. The van der Waals surface area contributed by atoms with Gasteiger partial charge >= 0.3 is 0 Å². The Kier molecular flexibility index (Phi) is 9.91. The predicted molar refractivity (Wildman–Crippen MR) is 85.8 cm³/mol. The van der Waals surface area contributed by atoms with E-state index < -0.39 is 37.5 Å². The first-order chi connectivity index (χ1) is 11.5. The minimum absolute atomic E-state index is 0.290. The maximum atomic E-state index is 9.53. The van der Waals surface area contributed by atoms with Crippen molar-refractivity contribution in [1.29, 1.82) is 0 Å². The van der Waals surface area contributed by atoms with Crippen LogP contribution in [0.15, 0.2) is 18.2 Å². The molecule has 0 bridgehead atoms. The number of hydrogen-bond donors (Lipinski definition) is 8. The zero-order valence-electron chi connectivity index (χ0n) is 13.4. The van der Waals surface area contributed by atoms with E-state index in [1.165, 1.54) is 0 Å². The lowest BCUT2D eigenvalue weighted by Gasteiger charge is -2.21. The van der Waals surface area contributed by atoms with Crippen molar-refractivity contribution in [2.45, 2.75) is 37.4 Å². The molecule has 0 amide bonds. The Hall–Kier alpha value is -1.17. The molecule has 0 fully saturated rings. The summed E-state index contributed by atoms with van der Waals surface area (Å²) in [5.41, 5.74) is 1.34. The fourth-order valence-corrected chi connectivity index (χ4v) is 2.10. The molecule has 1 heterocycles. The molecule has 24 heavy (non-hydrogen) atoms. The summed E-state index contributed by atoms with van der Waals surface area (Å²) in [6.07, 6.45) is -2.13. The van der Waals surface area contributed by atoms with E-state index >= 15 is 0 Å². The normalized spacial score (nSPS) is 16.6. The molecule has 0 aliphatic rings. The van der Waals surface area contributed by atoms with Crippen LogP contribution in [0, 0.1) is 0 Å². The summed E-state index contributed by atoms with van der Waals surface area (Å²) >= 11 is 0. The third-order valence-corrected chi connectivity index (χ3v) is 3.65. The standard InChI is InChI=1S/C15H27N3O6/c19-6-12(14(23)8-21)16-4-10-2-1-3-11(18-10)5-17-13(7-20)15(24)9-22/h1-3,12-17,19-24H,4-9H2. The smallest absolute Gasteiger partial charge is 0.0945 e. The van der Waals surface area contributed by atoms with Gasteiger partial charge in [-0.1, -0.05) is 6.07 Å². The molecule has 0 spiro atoms. The zero-order chi connectivity index (χ0) is 17.9. The largest absolute Gasteiger partial charge is 0.395 e. The average molecular weight is 345 g/mol. The van der Waals surface area contributed by atoms with Crippen molar-refractivity contribution >= 4 is 0 Å². The Morgan fingerprint density at radius 1 is 0.750 bits per heavy atom. The zero-order valence-corrected chi connectivity index (χ0v) is 13.4. The van der Waals surface area contributed by atoms with Gasteiger partial charge in [-0.3, -0.25) is 4.98 Å². The van der Waals surface area contributed by atoms with Crippen LogP contribution in [0.5, 0.6) is 0 Å². The molecule has 0 aromatic carbocycles. The molecule has 4 atom stereocenters. The number of aromatic nitrogens is 1. The van der Waals surface area contributed by atoms with Gasteiger partial charge < -0.3 is 41.3 Å². The van der Waals surface area contributed by atoms with Crippen molar-refractivity contribution in [1.82, 2.24) is 15.6 Å². The van der Waals surface area contributed by atoms with Crippen molar-refractivity contribution in [3.8, 4) is 0 Å². The van der Waals surface area contributed by atoms with E-state index in [1.54, 1.807) is 18.2 Å². The number of nitrogens with one attached hydrogen (secondary N) is 2. The minimum atomic E-state index is -1.06. The highest BCUT2D eigenvalue weighted by atomic mass is 16.3. The number of aliphatic hydroxyl groups excluding tert-OH is 6. The van der Waals surface area contributed by atoms with Crippen LogP contribution < -0.4 is 10.6 Å². The van der Waals surface area contributed by atoms with Crippen molar-refractivity contribution in [2.75, 3.05) is 26.4 Å². The fraction of sp³-hybridized carbons (Fsp3) is 0.667. The summed E-state index contributed by atoms with van der Waals surface area (Å²) in [5.74, 6) is 0. The van der Waals surface area contributed by atoms with Gasteiger partial charge in [-0.05, 0) is 12.1 Å².